The summed E-state index contributed by atoms with van der Waals surface area (Å²) in [5.41, 5.74) is 11.0. The number of anilines is 5. The quantitative estimate of drug-likeness (QED) is 0.484. The van der Waals surface area contributed by atoms with Crippen molar-refractivity contribution in [1.82, 2.24) is 15.0 Å². The maximum atomic E-state index is 6.27. The van der Waals surface area contributed by atoms with Crippen LogP contribution in [-0.2, 0) is 0 Å². The van der Waals surface area contributed by atoms with E-state index in [0.717, 1.165) is 26.6 Å². The Morgan fingerprint density at radius 1 is 0.962 bits per heavy atom. The highest BCUT2D eigenvalue weighted by molar-refractivity contribution is 7.22. The lowest BCUT2D eigenvalue weighted by molar-refractivity contribution is 1.17. The van der Waals surface area contributed by atoms with E-state index in [1.165, 1.54) is 11.9 Å². The van der Waals surface area contributed by atoms with Gasteiger partial charge in [0, 0.05) is 5.69 Å². The predicted molar refractivity (Wildman–Crippen MR) is 109 cm³/mol. The zero-order valence-corrected chi connectivity index (χ0v) is 15.3. The second-order valence-corrected chi connectivity index (χ2v) is 7.07. The molecule has 2 aromatic heterocycles. The Morgan fingerprint density at radius 3 is 2.54 bits per heavy atom. The van der Waals surface area contributed by atoms with Gasteiger partial charge in [0.2, 0.25) is 0 Å². The van der Waals surface area contributed by atoms with E-state index in [9.17, 15) is 0 Å². The molecule has 0 spiro atoms. The van der Waals surface area contributed by atoms with Gasteiger partial charge in [-0.3, -0.25) is 0 Å². The first-order chi connectivity index (χ1) is 12.6. The van der Waals surface area contributed by atoms with E-state index in [1.807, 2.05) is 37.3 Å². The normalized spacial score (nSPS) is 10.8. The highest BCUT2D eigenvalue weighted by Gasteiger charge is 2.12. The van der Waals surface area contributed by atoms with E-state index in [2.05, 4.69) is 44.6 Å². The third-order valence-electron chi connectivity index (χ3n) is 4.05. The molecule has 4 aromatic rings. The molecule has 4 N–H and O–H groups in total. The van der Waals surface area contributed by atoms with Crippen molar-refractivity contribution in [2.45, 2.75) is 13.8 Å². The van der Waals surface area contributed by atoms with Crippen molar-refractivity contribution in [3.8, 4) is 0 Å². The molecule has 0 saturated heterocycles. The fraction of sp³-hybridized carbons (Fsp3) is 0.105. The largest absolute Gasteiger partial charge is 0.393 e. The number of fused-ring (bicyclic) bond motifs is 1. The zero-order valence-electron chi connectivity index (χ0n) is 14.4. The maximum Gasteiger partial charge on any atom is 0.189 e. The number of nitrogen functional groups attached to an aromatic ring is 1. The summed E-state index contributed by atoms with van der Waals surface area (Å²) in [7, 11) is 0. The van der Waals surface area contributed by atoms with Crippen LogP contribution in [0.3, 0.4) is 0 Å². The topological polar surface area (TPSA) is 88.8 Å². The van der Waals surface area contributed by atoms with Crippen LogP contribution in [-0.4, -0.2) is 15.0 Å². The number of hydrogen-bond acceptors (Lipinski definition) is 7. The Morgan fingerprint density at radius 2 is 1.73 bits per heavy atom. The first kappa shape index (κ1) is 16.3. The first-order valence-electron chi connectivity index (χ1n) is 8.17. The van der Waals surface area contributed by atoms with Crippen molar-refractivity contribution in [2.24, 2.45) is 0 Å². The zero-order chi connectivity index (χ0) is 18.1. The van der Waals surface area contributed by atoms with Crippen LogP contribution >= 0.6 is 11.3 Å². The number of nitrogens with one attached hydrogen (secondary N) is 2. The van der Waals surface area contributed by atoms with Gasteiger partial charge in [0.1, 0.15) is 12.0 Å². The minimum Gasteiger partial charge on any atom is -0.393 e. The van der Waals surface area contributed by atoms with Gasteiger partial charge in [-0.25, -0.2) is 15.0 Å². The number of thiazole rings is 1. The van der Waals surface area contributed by atoms with Crippen molar-refractivity contribution in [1.29, 1.82) is 0 Å². The van der Waals surface area contributed by atoms with E-state index < -0.39 is 0 Å². The molecule has 130 valence electrons. The third-order valence-corrected chi connectivity index (χ3v) is 4.98. The second kappa shape index (κ2) is 6.61. The molecule has 0 amide bonds. The van der Waals surface area contributed by atoms with E-state index in [0.29, 0.717) is 17.3 Å². The molecule has 2 heterocycles. The van der Waals surface area contributed by atoms with Crippen molar-refractivity contribution < 1.29 is 0 Å². The number of nitrogens with zero attached hydrogens (tertiary/aromatic N) is 3. The molecule has 0 radical (unpaired) electrons. The Labute approximate surface area is 155 Å². The average molecular weight is 362 g/mol. The summed E-state index contributed by atoms with van der Waals surface area (Å²) in [6.45, 7) is 4.10. The molecule has 0 aliphatic carbocycles. The summed E-state index contributed by atoms with van der Waals surface area (Å²) in [4.78, 5) is 13.1. The highest BCUT2D eigenvalue weighted by atomic mass is 32.1. The molecule has 0 bridgehead atoms. The van der Waals surface area contributed by atoms with Crippen molar-refractivity contribution in [3.63, 3.8) is 0 Å². The lowest BCUT2D eigenvalue weighted by Gasteiger charge is -2.12. The summed E-state index contributed by atoms with van der Waals surface area (Å²) in [6.07, 6.45) is 1.48. The van der Waals surface area contributed by atoms with E-state index in [4.69, 9.17) is 5.73 Å². The smallest absolute Gasteiger partial charge is 0.189 e. The summed E-state index contributed by atoms with van der Waals surface area (Å²) < 4.78 is 1.12. The highest BCUT2D eigenvalue weighted by Crippen LogP contribution is 2.32. The van der Waals surface area contributed by atoms with Crippen molar-refractivity contribution in [3.05, 3.63) is 59.9 Å². The van der Waals surface area contributed by atoms with Crippen molar-refractivity contribution in [2.75, 3.05) is 16.4 Å². The molecule has 6 nitrogen and oxygen atoms in total. The van der Waals surface area contributed by atoms with Gasteiger partial charge in [-0.1, -0.05) is 35.6 Å². The van der Waals surface area contributed by atoms with Gasteiger partial charge in [-0.05, 0) is 43.2 Å². The molecule has 0 aliphatic rings. The Hall–Kier alpha value is -3.19. The van der Waals surface area contributed by atoms with Gasteiger partial charge in [-0.2, -0.15) is 0 Å². The lowest BCUT2D eigenvalue weighted by Crippen LogP contribution is -2.05. The molecule has 7 heteroatoms. The minimum atomic E-state index is 0.450. The van der Waals surface area contributed by atoms with Gasteiger partial charge in [0.15, 0.2) is 16.8 Å². The number of para-hydroxylation sites is 1. The monoisotopic (exact) mass is 362 g/mol. The molecule has 0 saturated carbocycles. The van der Waals surface area contributed by atoms with E-state index in [1.54, 1.807) is 11.3 Å². The van der Waals surface area contributed by atoms with Crippen LogP contribution in [0.2, 0.25) is 0 Å². The maximum absolute atomic E-state index is 6.27. The SMILES string of the molecule is Cc1ccc2nc(Nc3ncnc(Nc4ccccc4C)c3N)sc2c1. The van der Waals surface area contributed by atoms with Crippen LogP contribution in [0, 0.1) is 13.8 Å². The fourth-order valence-corrected chi connectivity index (χ4v) is 3.59. The van der Waals surface area contributed by atoms with E-state index >= 15 is 0 Å². The summed E-state index contributed by atoms with van der Waals surface area (Å²) in [5.74, 6) is 1.10. The lowest BCUT2D eigenvalue weighted by atomic mass is 10.2. The first-order valence-corrected chi connectivity index (χ1v) is 8.99. The molecule has 0 aliphatic heterocycles. The minimum absolute atomic E-state index is 0.450. The number of aryl methyl sites for hydroxylation is 2. The van der Waals surface area contributed by atoms with E-state index in [-0.39, 0.29) is 0 Å². The molecule has 26 heavy (non-hydrogen) atoms. The number of hydrogen-bond donors (Lipinski definition) is 3. The van der Waals surface area contributed by atoms with Gasteiger partial charge < -0.3 is 16.4 Å². The number of nitrogens with two attached hydrogens (primary N) is 1. The molecular formula is C19H18N6S. The molecule has 0 atom stereocenters. The van der Waals surface area contributed by atoms with Crippen LogP contribution in [0.25, 0.3) is 10.2 Å². The average Bonchev–Trinajstić information content (AvgIpc) is 3.01. The Balaban J connectivity index is 1.63. The number of aromatic nitrogens is 3. The van der Waals surface area contributed by atoms with Gasteiger partial charge in [0.05, 0.1) is 10.2 Å². The molecule has 4 rings (SSSR count). The summed E-state index contributed by atoms with van der Waals surface area (Å²) >= 11 is 1.57. The molecular weight excluding hydrogens is 344 g/mol. The van der Waals surface area contributed by atoms with Crippen LogP contribution < -0.4 is 16.4 Å². The van der Waals surface area contributed by atoms with Crippen LogP contribution in [0.15, 0.2) is 48.8 Å². The third kappa shape index (κ3) is 3.16. The fourth-order valence-electron chi connectivity index (χ4n) is 2.62. The van der Waals surface area contributed by atoms with Crippen LogP contribution in [0.4, 0.5) is 28.1 Å². The second-order valence-electron chi connectivity index (χ2n) is 6.04. The Kier molecular flexibility index (Phi) is 4.14. The van der Waals surface area contributed by atoms with Gasteiger partial charge in [-0.15, -0.1) is 0 Å². The molecule has 0 fully saturated rings. The molecule has 2 aromatic carbocycles. The summed E-state index contributed by atoms with van der Waals surface area (Å²) in [5, 5.41) is 7.23. The Bertz CT molecular complexity index is 1090. The van der Waals surface area contributed by atoms with Gasteiger partial charge >= 0.3 is 0 Å². The van der Waals surface area contributed by atoms with Gasteiger partial charge in [0.25, 0.3) is 0 Å². The molecule has 0 unspecified atom stereocenters. The van der Waals surface area contributed by atoms with Crippen molar-refractivity contribution >= 4 is 49.7 Å². The number of benzene rings is 2. The predicted octanol–water partition coefficient (Wildman–Crippen LogP) is 4.77. The standard InChI is InChI=1S/C19H18N6S/c1-11-7-8-14-15(9-11)26-19(24-14)25-18-16(20)17(21-10-22-18)23-13-6-4-3-5-12(13)2/h3-10H,20H2,1-2H3,(H2,21,22,23,24,25). The summed E-state index contributed by atoms with van der Waals surface area (Å²) in [6, 6.07) is 14.2. The van der Waals surface area contributed by atoms with Crippen LogP contribution in [0.5, 0.6) is 0 Å². The number of rotatable bonds is 4. The van der Waals surface area contributed by atoms with Crippen LogP contribution in [0.1, 0.15) is 11.1 Å².